The molecule has 1 aliphatic rings. The first kappa shape index (κ1) is 15.4. The number of anilines is 1. The van der Waals surface area contributed by atoms with Crippen LogP contribution in [0, 0.1) is 0 Å². The zero-order valence-electron chi connectivity index (χ0n) is 12.6. The van der Waals surface area contributed by atoms with Gasteiger partial charge in [0.25, 0.3) is 0 Å². The normalized spacial score (nSPS) is 13.1. The van der Waals surface area contributed by atoms with Crippen LogP contribution in [0.3, 0.4) is 0 Å². The molecule has 0 fully saturated rings. The molecule has 0 spiro atoms. The van der Waals surface area contributed by atoms with Gasteiger partial charge in [-0.3, -0.25) is 4.79 Å². The SMILES string of the molecule is CN(C)CCCNC(=O)CNc1ccc2c(c1)OCCO2. The molecule has 2 rings (SSSR count). The van der Waals surface area contributed by atoms with Crippen LogP contribution in [-0.2, 0) is 4.79 Å². The smallest absolute Gasteiger partial charge is 0.239 e. The van der Waals surface area contributed by atoms with Crippen molar-refractivity contribution in [3.05, 3.63) is 18.2 Å². The molecule has 1 aromatic carbocycles. The minimum atomic E-state index is -0.0105. The van der Waals surface area contributed by atoms with E-state index in [-0.39, 0.29) is 12.5 Å². The van der Waals surface area contributed by atoms with Crippen LogP contribution < -0.4 is 20.1 Å². The first-order valence-corrected chi connectivity index (χ1v) is 7.20. The lowest BCUT2D eigenvalue weighted by atomic mass is 10.2. The minimum absolute atomic E-state index is 0.0105. The van der Waals surface area contributed by atoms with E-state index in [1.165, 1.54) is 0 Å². The third-order valence-corrected chi connectivity index (χ3v) is 3.10. The minimum Gasteiger partial charge on any atom is -0.486 e. The third kappa shape index (κ3) is 5.15. The molecule has 1 heterocycles. The molecule has 2 N–H and O–H groups in total. The predicted molar refractivity (Wildman–Crippen MR) is 82.1 cm³/mol. The lowest BCUT2D eigenvalue weighted by molar-refractivity contribution is -0.119. The van der Waals surface area contributed by atoms with E-state index in [1.807, 2.05) is 32.3 Å². The first-order chi connectivity index (χ1) is 10.1. The Labute approximate surface area is 125 Å². The molecule has 1 aliphatic heterocycles. The van der Waals surface area contributed by atoms with Gasteiger partial charge in [0.2, 0.25) is 5.91 Å². The van der Waals surface area contributed by atoms with E-state index < -0.39 is 0 Å². The van der Waals surface area contributed by atoms with Gasteiger partial charge in [0.15, 0.2) is 11.5 Å². The maximum absolute atomic E-state index is 11.7. The van der Waals surface area contributed by atoms with Crippen molar-refractivity contribution in [2.45, 2.75) is 6.42 Å². The molecule has 0 atom stereocenters. The maximum Gasteiger partial charge on any atom is 0.239 e. The van der Waals surface area contributed by atoms with Crippen LogP contribution in [0.4, 0.5) is 5.69 Å². The Hall–Kier alpha value is -1.95. The standard InChI is InChI=1S/C15H23N3O3/c1-18(2)7-3-6-16-15(19)11-17-12-4-5-13-14(10-12)21-9-8-20-13/h4-5,10,17H,3,6-9,11H2,1-2H3,(H,16,19). The number of fused-ring (bicyclic) bond motifs is 1. The number of nitrogens with zero attached hydrogens (tertiary/aromatic N) is 1. The highest BCUT2D eigenvalue weighted by atomic mass is 16.6. The van der Waals surface area contributed by atoms with Crippen molar-refractivity contribution in [1.82, 2.24) is 10.2 Å². The van der Waals surface area contributed by atoms with Gasteiger partial charge < -0.3 is 25.0 Å². The molecule has 6 nitrogen and oxygen atoms in total. The second-order valence-electron chi connectivity index (χ2n) is 5.22. The molecule has 116 valence electrons. The molecule has 0 bridgehead atoms. The molecule has 1 aromatic rings. The summed E-state index contributed by atoms with van der Waals surface area (Å²) in [5.74, 6) is 1.46. The van der Waals surface area contributed by atoms with Gasteiger partial charge in [0.05, 0.1) is 6.54 Å². The lowest BCUT2D eigenvalue weighted by Crippen LogP contribution is -2.32. The molecule has 0 saturated carbocycles. The van der Waals surface area contributed by atoms with Gasteiger partial charge in [-0.15, -0.1) is 0 Å². The van der Waals surface area contributed by atoms with E-state index in [9.17, 15) is 4.79 Å². The summed E-state index contributed by atoms with van der Waals surface area (Å²) in [5, 5.41) is 5.97. The summed E-state index contributed by atoms with van der Waals surface area (Å²) >= 11 is 0. The van der Waals surface area contributed by atoms with Crippen LogP contribution >= 0.6 is 0 Å². The summed E-state index contributed by atoms with van der Waals surface area (Å²) in [4.78, 5) is 13.8. The van der Waals surface area contributed by atoms with Crippen molar-refractivity contribution >= 4 is 11.6 Å². The second kappa shape index (κ2) is 7.73. The fourth-order valence-electron chi connectivity index (χ4n) is 2.02. The Morgan fingerprint density at radius 3 is 2.76 bits per heavy atom. The molecule has 0 saturated heterocycles. The number of amides is 1. The molecule has 0 aliphatic carbocycles. The van der Waals surface area contributed by atoms with Crippen molar-refractivity contribution < 1.29 is 14.3 Å². The van der Waals surface area contributed by atoms with E-state index in [1.54, 1.807) is 0 Å². The Morgan fingerprint density at radius 1 is 1.24 bits per heavy atom. The van der Waals surface area contributed by atoms with Crippen LogP contribution in [0.1, 0.15) is 6.42 Å². The van der Waals surface area contributed by atoms with E-state index >= 15 is 0 Å². The maximum atomic E-state index is 11.7. The molecule has 0 aromatic heterocycles. The second-order valence-corrected chi connectivity index (χ2v) is 5.22. The summed E-state index contributed by atoms with van der Waals surface area (Å²) in [6.45, 7) is 3.05. The van der Waals surface area contributed by atoms with Gasteiger partial charge in [0.1, 0.15) is 13.2 Å². The lowest BCUT2D eigenvalue weighted by Gasteiger charge is -2.19. The number of benzene rings is 1. The number of nitrogens with one attached hydrogen (secondary N) is 2. The van der Waals surface area contributed by atoms with E-state index in [2.05, 4.69) is 15.5 Å². The number of carbonyl (C=O) groups excluding carboxylic acids is 1. The van der Waals surface area contributed by atoms with Crippen LogP contribution in [-0.4, -0.2) is 57.8 Å². The highest BCUT2D eigenvalue weighted by Crippen LogP contribution is 2.32. The molecule has 21 heavy (non-hydrogen) atoms. The number of rotatable bonds is 7. The Kier molecular flexibility index (Phi) is 5.68. The van der Waals surface area contributed by atoms with E-state index in [4.69, 9.17) is 9.47 Å². The average molecular weight is 293 g/mol. The van der Waals surface area contributed by atoms with Crippen LogP contribution in [0.5, 0.6) is 11.5 Å². The number of ether oxygens (including phenoxy) is 2. The van der Waals surface area contributed by atoms with Gasteiger partial charge in [-0.2, -0.15) is 0 Å². The predicted octanol–water partition coefficient (Wildman–Crippen LogP) is 0.938. The highest BCUT2D eigenvalue weighted by Gasteiger charge is 2.11. The van der Waals surface area contributed by atoms with Crippen molar-refractivity contribution in [2.75, 3.05) is 52.3 Å². The fraction of sp³-hybridized carbons (Fsp3) is 0.533. The van der Waals surface area contributed by atoms with Crippen molar-refractivity contribution in [3.63, 3.8) is 0 Å². The monoisotopic (exact) mass is 293 g/mol. The summed E-state index contributed by atoms with van der Waals surface area (Å²) in [5.41, 5.74) is 0.850. The molecule has 6 heteroatoms. The molecule has 0 radical (unpaired) electrons. The number of hydrogen-bond donors (Lipinski definition) is 2. The number of carbonyl (C=O) groups is 1. The summed E-state index contributed by atoms with van der Waals surface area (Å²) in [6, 6.07) is 5.59. The van der Waals surface area contributed by atoms with Gasteiger partial charge >= 0.3 is 0 Å². The van der Waals surface area contributed by atoms with Crippen LogP contribution in [0.15, 0.2) is 18.2 Å². The molecule has 1 amide bonds. The highest BCUT2D eigenvalue weighted by molar-refractivity contribution is 5.80. The van der Waals surface area contributed by atoms with Gasteiger partial charge in [-0.1, -0.05) is 0 Å². The number of hydrogen-bond acceptors (Lipinski definition) is 5. The first-order valence-electron chi connectivity index (χ1n) is 7.20. The summed E-state index contributed by atoms with van der Waals surface area (Å²) in [7, 11) is 4.04. The molecular weight excluding hydrogens is 270 g/mol. The van der Waals surface area contributed by atoms with Gasteiger partial charge in [-0.05, 0) is 39.2 Å². The Balaban J connectivity index is 1.71. The zero-order chi connectivity index (χ0) is 15.1. The topological polar surface area (TPSA) is 62.8 Å². The third-order valence-electron chi connectivity index (χ3n) is 3.10. The Morgan fingerprint density at radius 2 is 2.00 bits per heavy atom. The zero-order valence-corrected chi connectivity index (χ0v) is 12.6. The van der Waals surface area contributed by atoms with E-state index in [0.29, 0.717) is 19.8 Å². The van der Waals surface area contributed by atoms with Gasteiger partial charge in [0, 0.05) is 18.3 Å². The molecule has 0 unspecified atom stereocenters. The molecular formula is C15H23N3O3. The van der Waals surface area contributed by atoms with Crippen molar-refractivity contribution in [1.29, 1.82) is 0 Å². The average Bonchev–Trinajstić information content (AvgIpc) is 2.49. The quantitative estimate of drug-likeness (QED) is 0.733. The van der Waals surface area contributed by atoms with E-state index in [0.717, 1.165) is 30.2 Å². The largest absolute Gasteiger partial charge is 0.486 e. The summed E-state index contributed by atoms with van der Waals surface area (Å²) in [6.07, 6.45) is 0.947. The summed E-state index contributed by atoms with van der Waals surface area (Å²) < 4.78 is 11.0. The van der Waals surface area contributed by atoms with Crippen LogP contribution in [0.2, 0.25) is 0 Å². The van der Waals surface area contributed by atoms with Crippen molar-refractivity contribution in [3.8, 4) is 11.5 Å². The van der Waals surface area contributed by atoms with Crippen molar-refractivity contribution in [2.24, 2.45) is 0 Å². The fourth-order valence-corrected chi connectivity index (χ4v) is 2.02. The van der Waals surface area contributed by atoms with Crippen LogP contribution in [0.25, 0.3) is 0 Å². The van der Waals surface area contributed by atoms with Gasteiger partial charge in [-0.25, -0.2) is 0 Å². The Bertz CT molecular complexity index is 477.